The maximum absolute atomic E-state index is 14.2. The van der Waals surface area contributed by atoms with E-state index in [-0.39, 0.29) is 11.6 Å². The highest BCUT2D eigenvalue weighted by molar-refractivity contribution is 5.92. The Labute approximate surface area is 145 Å². The van der Waals surface area contributed by atoms with Crippen LogP contribution in [0.4, 0.5) is 4.39 Å². The summed E-state index contributed by atoms with van der Waals surface area (Å²) in [5, 5.41) is 11.4. The number of unbranched alkanes of at least 4 members (excludes halogenated alkanes) is 1. The van der Waals surface area contributed by atoms with Gasteiger partial charge in [-0.25, -0.2) is 4.39 Å². The molecule has 0 saturated carbocycles. The number of aromatic amines is 1. The maximum atomic E-state index is 14.2. The highest BCUT2D eigenvalue weighted by atomic mass is 19.1. The molecule has 3 heterocycles. The van der Waals surface area contributed by atoms with Gasteiger partial charge in [0.2, 0.25) is 11.7 Å². The van der Waals surface area contributed by atoms with E-state index in [4.69, 9.17) is 4.52 Å². The van der Waals surface area contributed by atoms with Gasteiger partial charge in [0.25, 0.3) is 0 Å². The Hall–Kier alpha value is -2.28. The van der Waals surface area contributed by atoms with Crippen LogP contribution < -0.4 is 0 Å². The van der Waals surface area contributed by atoms with Crippen LogP contribution in [0.3, 0.4) is 0 Å². The van der Waals surface area contributed by atoms with Crippen molar-refractivity contribution in [3.8, 4) is 11.4 Å². The van der Waals surface area contributed by atoms with Gasteiger partial charge in [0.15, 0.2) is 0 Å². The first-order valence-electron chi connectivity index (χ1n) is 8.98. The number of nitrogens with zero attached hydrogens (tertiary/aromatic N) is 4. The van der Waals surface area contributed by atoms with E-state index in [1.54, 1.807) is 12.3 Å². The molecule has 0 amide bonds. The summed E-state index contributed by atoms with van der Waals surface area (Å²) < 4.78 is 19.6. The molecule has 25 heavy (non-hydrogen) atoms. The Morgan fingerprint density at radius 3 is 2.92 bits per heavy atom. The molecule has 4 rings (SSSR count). The van der Waals surface area contributed by atoms with Gasteiger partial charge >= 0.3 is 0 Å². The molecule has 6 nitrogen and oxygen atoms in total. The molecule has 0 atom stereocenters. The Balaban J connectivity index is 1.38. The standard InChI is InChI=1S/C18H22FN5O/c19-14-7-8-15-13(12-20-22-15)17(14)18-21-16(25-23-18)6-2-5-11-24-9-3-1-4-10-24/h7-8,12H,1-6,9-11H2,(H,20,22). The number of aromatic nitrogens is 4. The van der Waals surface area contributed by atoms with Crippen molar-refractivity contribution in [3.05, 3.63) is 30.0 Å². The summed E-state index contributed by atoms with van der Waals surface area (Å²) in [5.41, 5.74) is 1.10. The van der Waals surface area contributed by atoms with E-state index in [1.807, 2.05) is 0 Å². The fourth-order valence-corrected chi connectivity index (χ4v) is 3.47. The predicted molar refractivity (Wildman–Crippen MR) is 92.6 cm³/mol. The topological polar surface area (TPSA) is 70.8 Å². The number of nitrogens with one attached hydrogen (secondary N) is 1. The summed E-state index contributed by atoms with van der Waals surface area (Å²) in [6.45, 7) is 3.57. The monoisotopic (exact) mass is 343 g/mol. The summed E-state index contributed by atoms with van der Waals surface area (Å²) in [4.78, 5) is 6.91. The molecule has 0 spiro atoms. The van der Waals surface area contributed by atoms with Gasteiger partial charge in [-0.15, -0.1) is 0 Å². The molecule has 1 N–H and O–H groups in total. The van der Waals surface area contributed by atoms with Crippen LogP contribution in [0.1, 0.15) is 38.0 Å². The highest BCUT2D eigenvalue weighted by Crippen LogP contribution is 2.28. The third-order valence-electron chi connectivity index (χ3n) is 4.83. The number of piperidine rings is 1. The Morgan fingerprint density at radius 1 is 1.16 bits per heavy atom. The number of aryl methyl sites for hydroxylation is 1. The van der Waals surface area contributed by atoms with Crippen LogP contribution >= 0.6 is 0 Å². The molecule has 0 aliphatic carbocycles. The number of H-pyrrole nitrogens is 1. The number of benzene rings is 1. The van der Waals surface area contributed by atoms with Crippen molar-refractivity contribution in [2.24, 2.45) is 0 Å². The van der Waals surface area contributed by atoms with Crippen LogP contribution in [0, 0.1) is 5.82 Å². The quantitative estimate of drug-likeness (QED) is 0.693. The van der Waals surface area contributed by atoms with Crippen LogP contribution in [-0.4, -0.2) is 44.9 Å². The number of fused-ring (bicyclic) bond motifs is 1. The second kappa shape index (κ2) is 7.31. The first kappa shape index (κ1) is 16.2. The molecular formula is C18H22FN5O. The zero-order valence-electron chi connectivity index (χ0n) is 14.2. The molecule has 0 unspecified atom stereocenters. The highest BCUT2D eigenvalue weighted by Gasteiger charge is 2.17. The molecule has 1 aliphatic rings. The van der Waals surface area contributed by atoms with E-state index in [1.165, 1.54) is 38.4 Å². The molecule has 132 valence electrons. The van der Waals surface area contributed by atoms with E-state index in [0.717, 1.165) is 31.3 Å². The van der Waals surface area contributed by atoms with Crippen molar-refractivity contribution in [1.29, 1.82) is 0 Å². The van der Waals surface area contributed by atoms with Gasteiger partial charge in [-0.3, -0.25) is 5.10 Å². The summed E-state index contributed by atoms with van der Waals surface area (Å²) in [7, 11) is 0. The van der Waals surface area contributed by atoms with Crippen LogP contribution in [0.15, 0.2) is 22.9 Å². The van der Waals surface area contributed by atoms with Crippen molar-refractivity contribution >= 4 is 10.9 Å². The minimum atomic E-state index is -0.369. The van der Waals surface area contributed by atoms with Gasteiger partial charge < -0.3 is 9.42 Å². The second-order valence-electron chi connectivity index (χ2n) is 6.62. The van der Waals surface area contributed by atoms with Crippen LogP contribution in [0.25, 0.3) is 22.3 Å². The summed E-state index contributed by atoms with van der Waals surface area (Å²) in [6.07, 6.45) is 8.42. The third-order valence-corrected chi connectivity index (χ3v) is 4.83. The number of likely N-dealkylation sites (tertiary alicyclic amines) is 1. The lowest BCUT2D eigenvalue weighted by Gasteiger charge is -2.26. The van der Waals surface area contributed by atoms with E-state index in [2.05, 4.69) is 25.2 Å². The van der Waals surface area contributed by atoms with Gasteiger partial charge in [-0.2, -0.15) is 10.1 Å². The summed E-state index contributed by atoms with van der Waals surface area (Å²) in [5.74, 6) is 0.482. The van der Waals surface area contributed by atoms with Gasteiger partial charge in [0, 0.05) is 11.8 Å². The second-order valence-corrected chi connectivity index (χ2v) is 6.62. The molecule has 1 saturated heterocycles. The number of rotatable bonds is 6. The summed E-state index contributed by atoms with van der Waals surface area (Å²) in [6, 6.07) is 3.05. The molecule has 1 aliphatic heterocycles. The molecule has 2 aromatic heterocycles. The van der Waals surface area contributed by atoms with Gasteiger partial charge in [-0.1, -0.05) is 11.6 Å². The first-order valence-corrected chi connectivity index (χ1v) is 8.98. The van der Waals surface area contributed by atoms with Gasteiger partial charge in [0.1, 0.15) is 5.82 Å². The Morgan fingerprint density at radius 2 is 2.04 bits per heavy atom. The first-order chi connectivity index (χ1) is 12.3. The van der Waals surface area contributed by atoms with Crippen LogP contribution in [-0.2, 0) is 6.42 Å². The average Bonchev–Trinajstić information content (AvgIpc) is 3.29. The molecule has 1 fully saturated rings. The largest absolute Gasteiger partial charge is 0.339 e. The molecular weight excluding hydrogens is 321 g/mol. The Bertz CT molecular complexity index is 837. The van der Waals surface area contributed by atoms with Crippen molar-refractivity contribution in [2.45, 2.75) is 38.5 Å². The van der Waals surface area contributed by atoms with E-state index >= 15 is 0 Å². The van der Waals surface area contributed by atoms with Crippen molar-refractivity contribution in [2.75, 3.05) is 19.6 Å². The average molecular weight is 343 g/mol. The summed E-state index contributed by atoms with van der Waals surface area (Å²) >= 11 is 0. The minimum absolute atomic E-state index is 0.288. The van der Waals surface area contributed by atoms with Crippen LogP contribution in [0.5, 0.6) is 0 Å². The minimum Gasteiger partial charge on any atom is -0.339 e. The fourth-order valence-electron chi connectivity index (χ4n) is 3.47. The normalized spacial score (nSPS) is 15.9. The smallest absolute Gasteiger partial charge is 0.226 e. The lowest BCUT2D eigenvalue weighted by Crippen LogP contribution is -2.30. The van der Waals surface area contributed by atoms with Crippen molar-refractivity contribution < 1.29 is 8.91 Å². The maximum Gasteiger partial charge on any atom is 0.226 e. The predicted octanol–water partition coefficient (Wildman–Crippen LogP) is 3.56. The van der Waals surface area contributed by atoms with Crippen molar-refractivity contribution in [3.63, 3.8) is 0 Å². The third kappa shape index (κ3) is 3.56. The molecule has 3 aromatic rings. The SMILES string of the molecule is Fc1ccc2[nH]ncc2c1-c1noc(CCCCN2CCCCC2)n1. The lowest BCUT2D eigenvalue weighted by molar-refractivity contribution is 0.224. The molecule has 0 radical (unpaired) electrons. The van der Waals surface area contributed by atoms with E-state index in [9.17, 15) is 4.39 Å². The molecule has 1 aromatic carbocycles. The zero-order chi connectivity index (χ0) is 17.1. The van der Waals surface area contributed by atoms with Gasteiger partial charge in [-0.05, 0) is 57.5 Å². The van der Waals surface area contributed by atoms with Crippen molar-refractivity contribution in [1.82, 2.24) is 25.2 Å². The molecule has 0 bridgehead atoms. The number of hydrogen-bond donors (Lipinski definition) is 1. The molecule has 7 heteroatoms. The van der Waals surface area contributed by atoms with E-state index in [0.29, 0.717) is 16.8 Å². The van der Waals surface area contributed by atoms with E-state index < -0.39 is 0 Å². The Kier molecular flexibility index (Phi) is 4.74. The zero-order valence-corrected chi connectivity index (χ0v) is 14.2. The lowest BCUT2D eigenvalue weighted by atomic mass is 10.1. The fraction of sp³-hybridized carbons (Fsp3) is 0.500. The van der Waals surface area contributed by atoms with Gasteiger partial charge in [0.05, 0.1) is 17.3 Å². The number of hydrogen-bond acceptors (Lipinski definition) is 5. The number of halogens is 1. The van der Waals surface area contributed by atoms with Crippen LogP contribution in [0.2, 0.25) is 0 Å².